The molecule has 1 atom stereocenters. The number of benzene rings is 1. The van der Waals surface area contributed by atoms with Crippen molar-refractivity contribution in [1.82, 2.24) is 15.0 Å². The second kappa shape index (κ2) is 8.60. The molecule has 0 saturated heterocycles. The fourth-order valence-corrected chi connectivity index (χ4v) is 2.66. The highest BCUT2D eigenvalue weighted by molar-refractivity contribution is 5.66. The summed E-state index contributed by atoms with van der Waals surface area (Å²) in [5.74, 6) is 1.37. The summed E-state index contributed by atoms with van der Waals surface area (Å²) in [5.41, 5.74) is 3.59. The van der Waals surface area contributed by atoms with E-state index in [1.807, 2.05) is 69.3 Å². The van der Waals surface area contributed by atoms with E-state index in [2.05, 4.69) is 25.6 Å². The number of aliphatic hydroxyl groups excluding tert-OH is 1. The number of hydrogen-bond donors (Lipinski definition) is 3. The maximum atomic E-state index is 9.64. The van der Waals surface area contributed by atoms with Crippen LogP contribution in [0.3, 0.4) is 0 Å². The molecule has 6 heteroatoms. The van der Waals surface area contributed by atoms with Crippen molar-refractivity contribution in [3.63, 3.8) is 0 Å². The van der Waals surface area contributed by atoms with Gasteiger partial charge in [0.15, 0.2) is 0 Å². The maximum Gasteiger partial charge on any atom is 0.225 e. The average Bonchev–Trinajstić information content (AvgIpc) is 2.68. The average molecular weight is 363 g/mol. The van der Waals surface area contributed by atoms with Crippen LogP contribution >= 0.6 is 0 Å². The summed E-state index contributed by atoms with van der Waals surface area (Å²) in [6.07, 6.45) is 1.74. The third-order valence-corrected chi connectivity index (χ3v) is 4.38. The van der Waals surface area contributed by atoms with Crippen molar-refractivity contribution in [3.8, 4) is 11.4 Å². The number of nitrogens with zero attached hydrogens (tertiary/aromatic N) is 3. The first-order chi connectivity index (χ1) is 13.1. The van der Waals surface area contributed by atoms with Crippen molar-refractivity contribution in [3.05, 3.63) is 60.3 Å². The smallest absolute Gasteiger partial charge is 0.225 e. The lowest BCUT2D eigenvalue weighted by molar-refractivity contribution is 0.248. The molecular formula is C21H25N5O. The van der Waals surface area contributed by atoms with Crippen molar-refractivity contribution in [2.24, 2.45) is 5.92 Å². The van der Waals surface area contributed by atoms with Crippen LogP contribution in [0.2, 0.25) is 0 Å². The summed E-state index contributed by atoms with van der Waals surface area (Å²) >= 11 is 0. The van der Waals surface area contributed by atoms with Gasteiger partial charge in [0.2, 0.25) is 5.95 Å². The lowest BCUT2D eigenvalue weighted by Crippen LogP contribution is -2.30. The Hall–Kier alpha value is -2.99. The summed E-state index contributed by atoms with van der Waals surface area (Å²) in [4.78, 5) is 13.6. The fourth-order valence-electron chi connectivity index (χ4n) is 2.66. The molecule has 2 aromatic heterocycles. The van der Waals surface area contributed by atoms with E-state index in [1.165, 1.54) is 0 Å². The van der Waals surface area contributed by atoms with E-state index < -0.39 is 0 Å². The third kappa shape index (κ3) is 4.80. The molecule has 3 aromatic rings. The molecule has 0 aliphatic heterocycles. The topological polar surface area (TPSA) is 83.0 Å². The Kier molecular flexibility index (Phi) is 5.98. The molecule has 0 aliphatic rings. The van der Waals surface area contributed by atoms with Crippen LogP contribution < -0.4 is 10.6 Å². The third-order valence-electron chi connectivity index (χ3n) is 4.38. The first-order valence-electron chi connectivity index (χ1n) is 9.07. The number of pyridine rings is 1. The number of nitrogens with one attached hydrogen (secondary N) is 2. The number of aryl methyl sites for hydroxylation is 1. The van der Waals surface area contributed by atoms with Gasteiger partial charge in [-0.05, 0) is 36.6 Å². The predicted octanol–water partition coefficient (Wildman–Crippen LogP) is 4.02. The van der Waals surface area contributed by atoms with Gasteiger partial charge >= 0.3 is 0 Å². The molecule has 140 valence electrons. The molecule has 6 nitrogen and oxygen atoms in total. The maximum absolute atomic E-state index is 9.64. The van der Waals surface area contributed by atoms with Gasteiger partial charge in [-0.3, -0.25) is 4.98 Å². The summed E-state index contributed by atoms with van der Waals surface area (Å²) < 4.78 is 0. The quantitative estimate of drug-likeness (QED) is 0.588. The molecule has 0 bridgehead atoms. The normalized spacial score (nSPS) is 12.0. The zero-order valence-electron chi connectivity index (χ0n) is 15.8. The summed E-state index contributed by atoms with van der Waals surface area (Å²) in [5, 5.41) is 16.2. The van der Waals surface area contributed by atoms with Gasteiger partial charge in [0.25, 0.3) is 0 Å². The molecule has 3 N–H and O–H groups in total. The molecule has 0 aliphatic carbocycles. The van der Waals surface area contributed by atoms with Crippen LogP contribution in [0.15, 0.2) is 54.7 Å². The minimum atomic E-state index is -0.129. The van der Waals surface area contributed by atoms with Gasteiger partial charge in [0.1, 0.15) is 5.82 Å². The van der Waals surface area contributed by atoms with Crippen molar-refractivity contribution in [2.75, 3.05) is 17.2 Å². The van der Waals surface area contributed by atoms with Crippen molar-refractivity contribution < 1.29 is 5.11 Å². The van der Waals surface area contributed by atoms with Crippen LogP contribution in [0.5, 0.6) is 0 Å². The molecule has 0 spiro atoms. The molecule has 0 amide bonds. The van der Waals surface area contributed by atoms with Crippen molar-refractivity contribution in [1.29, 1.82) is 0 Å². The van der Waals surface area contributed by atoms with Gasteiger partial charge in [0.05, 0.1) is 24.0 Å². The van der Waals surface area contributed by atoms with Gasteiger partial charge in [-0.2, -0.15) is 4.98 Å². The predicted molar refractivity (Wildman–Crippen MR) is 109 cm³/mol. The van der Waals surface area contributed by atoms with E-state index in [1.54, 1.807) is 6.20 Å². The number of para-hydroxylation sites is 1. The molecule has 3 rings (SSSR count). The van der Waals surface area contributed by atoms with Crippen LogP contribution in [0, 0.1) is 12.8 Å². The lowest BCUT2D eigenvalue weighted by atomic mass is 10.1. The molecule has 0 saturated carbocycles. The zero-order valence-corrected chi connectivity index (χ0v) is 15.8. The summed E-state index contributed by atoms with van der Waals surface area (Å²) in [6, 6.07) is 15.5. The minimum absolute atomic E-state index is 0.00932. The van der Waals surface area contributed by atoms with Crippen LogP contribution in [0.1, 0.15) is 19.4 Å². The summed E-state index contributed by atoms with van der Waals surface area (Å²) in [7, 11) is 0. The lowest BCUT2D eigenvalue weighted by Gasteiger charge is -2.20. The van der Waals surface area contributed by atoms with Gasteiger partial charge in [-0.25, -0.2) is 4.98 Å². The molecule has 1 aromatic carbocycles. The van der Waals surface area contributed by atoms with E-state index in [0.29, 0.717) is 17.5 Å². The van der Waals surface area contributed by atoms with Crippen LogP contribution in [0.4, 0.5) is 17.5 Å². The Bertz CT molecular complexity index is 883. The second-order valence-corrected chi connectivity index (χ2v) is 6.79. The van der Waals surface area contributed by atoms with Gasteiger partial charge < -0.3 is 15.7 Å². The van der Waals surface area contributed by atoms with E-state index >= 15 is 0 Å². The van der Waals surface area contributed by atoms with Gasteiger partial charge in [-0.1, -0.05) is 38.1 Å². The summed E-state index contributed by atoms with van der Waals surface area (Å²) in [6.45, 7) is 6.14. The first kappa shape index (κ1) is 18.8. The van der Waals surface area contributed by atoms with Crippen LogP contribution in [-0.2, 0) is 0 Å². The largest absolute Gasteiger partial charge is 0.394 e. The Morgan fingerprint density at radius 2 is 1.78 bits per heavy atom. The molecule has 27 heavy (non-hydrogen) atoms. The molecule has 0 radical (unpaired) electrons. The van der Waals surface area contributed by atoms with Gasteiger partial charge in [0, 0.05) is 18.0 Å². The minimum Gasteiger partial charge on any atom is -0.394 e. The first-order valence-corrected chi connectivity index (χ1v) is 9.07. The fraction of sp³-hybridized carbons (Fsp3) is 0.286. The number of aliphatic hydroxyl groups is 1. The molecule has 0 unspecified atom stereocenters. The Morgan fingerprint density at radius 3 is 2.44 bits per heavy atom. The number of aromatic nitrogens is 3. The SMILES string of the molecule is Cc1ccccc1Nc1cc(-c2ccccn2)nc(N[C@H](CO)C(C)C)n1. The second-order valence-electron chi connectivity index (χ2n) is 6.79. The zero-order chi connectivity index (χ0) is 19.2. The standard InChI is InChI=1S/C21H25N5O/c1-14(2)19(13-27)25-21-24-18(17-10-6-7-11-22-17)12-20(26-21)23-16-9-5-4-8-15(16)3/h4-12,14,19,27H,13H2,1-3H3,(H2,23,24,25,26)/t19-/m1/s1. The van der Waals surface area contributed by atoms with E-state index in [9.17, 15) is 5.11 Å². The number of anilines is 3. The highest BCUT2D eigenvalue weighted by atomic mass is 16.3. The Labute approximate surface area is 159 Å². The highest BCUT2D eigenvalue weighted by Gasteiger charge is 2.15. The van der Waals surface area contributed by atoms with Crippen molar-refractivity contribution >= 4 is 17.5 Å². The van der Waals surface area contributed by atoms with Gasteiger partial charge in [-0.15, -0.1) is 0 Å². The molecular weight excluding hydrogens is 338 g/mol. The van der Waals surface area contributed by atoms with E-state index in [0.717, 1.165) is 16.9 Å². The highest BCUT2D eigenvalue weighted by Crippen LogP contribution is 2.24. The number of hydrogen-bond acceptors (Lipinski definition) is 6. The molecule has 2 heterocycles. The molecule has 0 fully saturated rings. The number of rotatable bonds is 7. The van der Waals surface area contributed by atoms with E-state index in [4.69, 9.17) is 0 Å². The van der Waals surface area contributed by atoms with E-state index in [-0.39, 0.29) is 18.6 Å². The monoisotopic (exact) mass is 363 g/mol. The van der Waals surface area contributed by atoms with Crippen molar-refractivity contribution in [2.45, 2.75) is 26.8 Å². The van der Waals surface area contributed by atoms with Crippen LogP contribution in [-0.4, -0.2) is 32.7 Å². The van der Waals surface area contributed by atoms with Crippen LogP contribution in [0.25, 0.3) is 11.4 Å². The Morgan fingerprint density at radius 1 is 1.00 bits per heavy atom. The Balaban J connectivity index is 1.99.